The highest BCUT2D eigenvalue weighted by Crippen LogP contribution is 2.38. The Hall–Kier alpha value is -3.13. The Bertz CT molecular complexity index is 947. The molecule has 0 aromatic heterocycles. The number of hydrogen-bond donors (Lipinski definition) is 1. The quantitative estimate of drug-likeness (QED) is 0.745. The van der Waals surface area contributed by atoms with E-state index in [1.54, 1.807) is 30.3 Å². The predicted octanol–water partition coefficient (Wildman–Crippen LogP) is 2.70. The molecule has 9 heteroatoms. The van der Waals surface area contributed by atoms with Gasteiger partial charge in [-0.15, -0.1) is 0 Å². The molecule has 1 N–H and O–H groups in total. The van der Waals surface area contributed by atoms with Crippen molar-refractivity contribution in [2.45, 2.75) is 13.0 Å². The van der Waals surface area contributed by atoms with E-state index in [2.05, 4.69) is 5.32 Å². The fourth-order valence-electron chi connectivity index (χ4n) is 2.87. The molecule has 4 rings (SSSR count). The van der Waals surface area contributed by atoms with Gasteiger partial charge >= 0.3 is 5.97 Å². The third-order valence-electron chi connectivity index (χ3n) is 4.29. The van der Waals surface area contributed by atoms with E-state index in [0.717, 1.165) is 6.42 Å². The van der Waals surface area contributed by atoms with Crippen molar-refractivity contribution in [3.63, 3.8) is 0 Å². The van der Waals surface area contributed by atoms with Crippen LogP contribution in [0.5, 0.6) is 23.0 Å². The minimum Gasteiger partial charge on any atom is -0.489 e. The maximum atomic E-state index is 12.2. The maximum absolute atomic E-state index is 12.2. The van der Waals surface area contributed by atoms with Crippen molar-refractivity contribution >= 4 is 23.5 Å². The van der Waals surface area contributed by atoms with E-state index in [9.17, 15) is 9.59 Å². The largest absolute Gasteiger partial charge is 0.489 e. The SMILES string of the molecule is O=C(CNC(=O)c1ccc2c(c1)OCO2)OCc1cc(Cl)c2c(c1)OCCCO2. The summed E-state index contributed by atoms with van der Waals surface area (Å²) >= 11 is 6.22. The lowest BCUT2D eigenvalue weighted by Crippen LogP contribution is -2.30. The molecule has 2 aliphatic heterocycles. The van der Waals surface area contributed by atoms with E-state index in [1.165, 1.54) is 0 Å². The lowest BCUT2D eigenvalue weighted by molar-refractivity contribution is -0.143. The van der Waals surface area contributed by atoms with Gasteiger partial charge in [-0.2, -0.15) is 0 Å². The maximum Gasteiger partial charge on any atom is 0.325 e. The number of amides is 1. The lowest BCUT2D eigenvalue weighted by atomic mass is 10.2. The zero-order valence-electron chi connectivity index (χ0n) is 15.4. The third-order valence-corrected chi connectivity index (χ3v) is 4.57. The number of benzene rings is 2. The van der Waals surface area contributed by atoms with Crippen LogP contribution in [0.1, 0.15) is 22.3 Å². The number of fused-ring (bicyclic) bond motifs is 2. The molecule has 0 unspecified atom stereocenters. The first kappa shape index (κ1) is 19.2. The number of nitrogens with one attached hydrogen (secondary N) is 1. The molecule has 1 amide bonds. The number of carbonyl (C=O) groups is 2. The second kappa shape index (κ2) is 8.48. The molecule has 0 aliphatic carbocycles. The number of rotatable bonds is 5. The van der Waals surface area contributed by atoms with E-state index in [1.807, 2.05) is 0 Å². The van der Waals surface area contributed by atoms with Gasteiger partial charge in [0.15, 0.2) is 23.0 Å². The van der Waals surface area contributed by atoms with Crippen LogP contribution in [0.3, 0.4) is 0 Å². The Labute approximate surface area is 171 Å². The number of hydrogen-bond acceptors (Lipinski definition) is 7. The van der Waals surface area contributed by atoms with Gasteiger partial charge < -0.3 is 29.0 Å². The van der Waals surface area contributed by atoms with Gasteiger partial charge in [0.1, 0.15) is 13.2 Å². The molecule has 2 aromatic carbocycles. The van der Waals surface area contributed by atoms with Gasteiger partial charge in [0.2, 0.25) is 6.79 Å². The zero-order valence-corrected chi connectivity index (χ0v) is 16.1. The second-order valence-corrected chi connectivity index (χ2v) is 6.77. The monoisotopic (exact) mass is 419 g/mol. The van der Waals surface area contributed by atoms with Gasteiger partial charge in [-0.25, -0.2) is 0 Å². The van der Waals surface area contributed by atoms with Gasteiger partial charge in [-0.05, 0) is 35.9 Å². The van der Waals surface area contributed by atoms with Crippen molar-refractivity contribution in [1.29, 1.82) is 0 Å². The van der Waals surface area contributed by atoms with Gasteiger partial charge in [0.05, 0.1) is 18.2 Å². The molecule has 0 saturated heterocycles. The molecule has 2 aliphatic rings. The van der Waals surface area contributed by atoms with Crippen LogP contribution in [0.2, 0.25) is 5.02 Å². The van der Waals surface area contributed by atoms with Gasteiger partial charge in [-0.3, -0.25) is 9.59 Å². The van der Waals surface area contributed by atoms with E-state index in [-0.39, 0.29) is 19.9 Å². The smallest absolute Gasteiger partial charge is 0.325 e. The van der Waals surface area contributed by atoms with E-state index in [4.69, 9.17) is 35.3 Å². The van der Waals surface area contributed by atoms with Crippen molar-refractivity contribution in [2.75, 3.05) is 26.6 Å². The van der Waals surface area contributed by atoms with Crippen LogP contribution in [0.25, 0.3) is 0 Å². The van der Waals surface area contributed by atoms with Crippen LogP contribution in [0.4, 0.5) is 0 Å². The standard InChI is InChI=1S/C20H18ClNO7/c21-14-6-12(7-17-19(14)26-5-1-4-25-17)10-27-18(23)9-22-20(24)13-2-3-15-16(8-13)29-11-28-15/h2-3,6-8H,1,4-5,9-11H2,(H,22,24). The molecule has 0 radical (unpaired) electrons. The fraction of sp³-hybridized carbons (Fsp3) is 0.300. The van der Waals surface area contributed by atoms with Crippen LogP contribution in [-0.2, 0) is 16.1 Å². The summed E-state index contributed by atoms with van der Waals surface area (Å²) in [6.07, 6.45) is 0.762. The number of halogens is 1. The molecule has 2 aromatic rings. The first-order valence-corrected chi connectivity index (χ1v) is 9.39. The van der Waals surface area contributed by atoms with Crippen LogP contribution < -0.4 is 24.3 Å². The molecule has 0 atom stereocenters. The summed E-state index contributed by atoms with van der Waals surface area (Å²) in [6, 6.07) is 8.18. The Balaban J connectivity index is 1.29. The van der Waals surface area contributed by atoms with Crippen molar-refractivity contribution in [2.24, 2.45) is 0 Å². The molecule has 0 bridgehead atoms. The Morgan fingerprint density at radius 2 is 1.83 bits per heavy atom. The van der Waals surface area contributed by atoms with Crippen LogP contribution in [-0.4, -0.2) is 38.4 Å². The van der Waals surface area contributed by atoms with Gasteiger partial charge in [0.25, 0.3) is 5.91 Å². The van der Waals surface area contributed by atoms with Crippen LogP contribution in [0, 0.1) is 0 Å². The van der Waals surface area contributed by atoms with E-state index >= 15 is 0 Å². The topological polar surface area (TPSA) is 92.3 Å². The molecule has 152 valence electrons. The molecular formula is C20H18ClNO7. The van der Waals surface area contributed by atoms with E-state index in [0.29, 0.717) is 52.4 Å². The van der Waals surface area contributed by atoms with Crippen molar-refractivity contribution in [1.82, 2.24) is 5.32 Å². The fourth-order valence-corrected chi connectivity index (χ4v) is 3.16. The van der Waals surface area contributed by atoms with Crippen molar-refractivity contribution < 1.29 is 33.3 Å². The summed E-state index contributed by atoms with van der Waals surface area (Å²) in [7, 11) is 0. The molecular weight excluding hydrogens is 402 g/mol. The second-order valence-electron chi connectivity index (χ2n) is 6.37. The first-order valence-electron chi connectivity index (χ1n) is 9.01. The van der Waals surface area contributed by atoms with Gasteiger partial charge in [0, 0.05) is 12.0 Å². The predicted molar refractivity (Wildman–Crippen MR) is 102 cm³/mol. The highest BCUT2D eigenvalue weighted by molar-refractivity contribution is 6.32. The summed E-state index contributed by atoms with van der Waals surface area (Å²) < 4.78 is 26.8. The molecule has 2 heterocycles. The molecule has 8 nitrogen and oxygen atoms in total. The number of carbonyl (C=O) groups excluding carboxylic acids is 2. The molecule has 0 spiro atoms. The van der Waals surface area contributed by atoms with Crippen molar-refractivity contribution in [3.8, 4) is 23.0 Å². The Morgan fingerprint density at radius 1 is 1.00 bits per heavy atom. The minimum atomic E-state index is -0.581. The normalized spacial score (nSPS) is 14.1. The van der Waals surface area contributed by atoms with Gasteiger partial charge in [-0.1, -0.05) is 11.6 Å². The minimum absolute atomic E-state index is 0.00487. The molecule has 0 saturated carbocycles. The van der Waals surface area contributed by atoms with E-state index < -0.39 is 11.9 Å². The zero-order chi connectivity index (χ0) is 20.2. The highest BCUT2D eigenvalue weighted by atomic mass is 35.5. The molecule has 29 heavy (non-hydrogen) atoms. The van der Waals surface area contributed by atoms with Crippen LogP contribution >= 0.6 is 11.6 Å². The third kappa shape index (κ3) is 4.48. The average Bonchev–Trinajstić information content (AvgIpc) is 3.06. The number of ether oxygens (including phenoxy) is 5. The lowest BCUT2D eigenvalue weighted by Gasteiger charge is -2.12. The summed E-state index contributed by atoms with van der Waals surface area (Å²) in [5.74, 6) is 1.09. The van der Waals surface area contributed by atoms with Crippen molar-refractivity contribution in [3.05, 3.63) is 46.5 Å². The summed E-state index contributed by atoms with van der Waals surface area (Å²) in [6.45, 7) is 0.903. The Morgan fingerprint density at radius 3 is 2.72 bits per heavy atom. The average molecular weight is 420 g/mol. The number of esters is 1. The molecule has 0 fully saturated rings. The van der Waals surface area contributed by atoms with Crippen LogP contribution in [0.15, 0.2) is 30.3 Å². The summed E-state index contributed by atoms with van der Waals surface area (Å²) in [4.78, 5) is 24.2. The summed E-state index contributed by atoms with van der Waals surface area (Å²) in [5, 5.41) is 2.91. The highest BCUT2D eigenvalue weighted by Gasteiger charge is 2.18. The Kier molecular flexibility index (Phi) is 5.62. The summed E-state index contributed by atoms with van der Waals surface area (Å²) in [5.41, 5.74) is 1.02. The first-order chi connectivity index (χ1) is 14.1.